The Morgan fingerprint density at radius 3 is 2.38 bits per heavy atom. The van der Waals surface area contributed by atoms with Crippen LogP contribution in [0, 0.1) is 0 Å². The van der Waals surface area contributed by atoms with Gasteiger partial charge in [-0.15, -0.1) is 0 Å². The second kappa shape index (κ2) is 12.9. The van der Waals surface area contributed by atoms with Gasteiger partial charge in [-0.2, -0.15) is 0 Å². The van der Waals surface area contributed by atoms with E-state index in [1.807, 2.05) is 24.3 Å². The number of carbonyl (C=O) groups is 1. The molecular weight excluding hydrogens is 362 g/mol. The number of anilines is 1. The lowest BCUT2D eigenvalue weighted by molar-refractivity contribution is 0.168. The van der Waals surface area contributed by atoms with Gasteiger partial charge in [0.05, 0.1) is 6.61 Å². The highest BCUT2D eigenvalue weighted by Gasteiger charge is 2.10. The molecule has 0 atom stereocenters. The maximum Gasteiger partial charge on any atom is 0.411 e. The third kappa shape index (κ3) is 8.18. The van der Waals surface area contributed by atoms with Gasteiger partial charge >= 0.3 is 6.09 Å². The third-order valence-electron chi connectivity index (χ3n) is 4.83. The van der Waals surface area contributed by atoms with Crippen LogP contribution in [-0.4, -0.2) is 12.7 Å². The van der Waals surface area contributed by atoms with Gasteiger partial charge < -0.3 is 9.47 Å². The first kappa shape index (κ1) is 22.8. The number of benzene rings is 2. The fourth-order valence-corrected chi connectivity index (χ4v) is 3.27. The molecule has 0 aliphatic rings. The summed E-state index contributed by atoms with van der Waals surface area (Å²) in [7, 11) is 0. The SMILES string of the molecule is CCCCCc1cccc(Oc2ccc(NC(=O)OCC)cc2CCCCC)c1. The van der Waals surface area contributed by atoms with Crippen molar-refractivity contribution >= 4 is 11.8 Å². The number of aryl methyl sites for hydroxylation is 2. The maximum absolute atomic E-state index is 11.7. The number of ether oxygens (including phenoxy) is 2. The summed E-state index contributed by atoms with van der Waals surface area (Å²) in [5.74, 6) is 1.71. The molecule has 4 heteroatoms. The van der Waals surface area contributed by atoms with E-state index in [0.717, 1.165) is 48.4 Å². The minimum absolute atomic E-state index is 0.352. The molecule has 0 aliphatic heterocycles. The zero-order chi connectivity index (χ0) is 20.9. The molecule has 1 amide bonds. The normalized spacial score (nSPS) is 10.6. The first-order chi connectivity index (χ1) is 14.2. The molecule has 0 unspecified atom stereocenters. The summed E-state index contributed by atoms with van der Waals surface area (Å²) in [4.78, 5) is 11.7. The number of unbranched alkanes of at least 4 members (excludes halogenated alkanes) is 4. The zero-order valence-electron chi connectivity index (χ0n) is 18.1. The van der Waals surface area contributed by atoms with Crippen molar-refractivity contribution in [2.24, 2.45) is 0 Å². The minimum atomic E-state index is -0.430. The Labute approximate surface area is 175 Å². The van der Waals surface area contributed by atoms with Crippen molar-refractivity contribution in [3.05, 3.63) is 53.6 Å². The van der Waals surface area contributed by atoms with Crippen LogP contribution in [0.3, 0.4) is 0 Å². The average Bonchev–Trinajstić information content (AvgIpc) is 2.71. The van der Waals surface area contributed by atoms with Gasteiger partial charge in [0.2, 0.25) is 0 Å². The van der Waals surface area contributed by atoms with Crippen LogP contribution < -0.4 is 10.1 Å². The lowest BCUT2D eigenvalue weighted by atomic mass is 10.0. The Morgan fingerprint density at radius 2 is 1.66 bits per heavy atom. The smallest absolute Gasteiger partial charge is 0.411 e. The van der Waals surface area contributed by atoms with Gasteiger partial charge in [0, 0.05) is 5.69 Å². The Balaban J connectivity index is 2.14. The molecule has 4 nitrogen and oxygen atoms in total. The van der Waals surface area contributed by atoms with Gasteiger partial charge in [0.1, 0.15) is 11.5 Å². The minimum Gasteiger partial charge on any atom is -0.457 e. The van der Waals surface area contributed by atoms with Crippen LogP contribution >= 0.6 is 0 Å². The summed E-state index contributed by atoms with van der Waals surface area (Å²) in [6.07, 6.45) is 8.67. The largest absolute Gasteiger partial charge is 0.457 e. The maximum atomic E-state index is 11.7. The van der Waals surface area contributed by atoms with Gasteiger partial charge in [-0.25, -0.2) is 4.79 Å². The van der Waals surface area contributed by atoms with Crippen molar-refractivity contribution in [1.82, 2.24) is 0 Å². The lowest BCUT2D eigenvalue weighted by Gasteiger charge is -2.14. The molecule has 0 aliphatic carbocycles. The number of hydrogen-bond donors (Lipinski definition) is 1. The van der Waals surface area contributed by atoms with E-state index in [2.05, 4.69) is 37.4 Å². The van der Waals surface area contributed by atoms with E-state index in [1.54, 1.807) is 6.92 Å². The zero-order valence-corrected chi connectivity index (χ0v) is 18.1. The Bertz CT molecular complexity index is 757. The predicted molar refractivity (Wildman–Crippen MR) is 120 cm³/mol. The van der Waals surface area contributed by atoms with Crippen molar-refractivity contribution in [2.45, 2.75) is 72.1 Å². The standard InChI is InChI=1S/C25H35NO3/c1-4-7-9-12-20-13-11-15-23(18-20)29-24-17-16-22(26-25(27)28-6-3)19-21(24)14-10-8-5-2/h11,13,15-19H,4-10,12,14H2,1-3H3,(H,26,27). The molecule has 0 aromatic heterocycles. The van der Waals surface area contributed by atoms with Crippen molar-refractivity contribution < 1.29 is 14.3 Å². The van der Waals surface area contributed by atoms with Crippen molar-refractivity contribution in [3.8, 4) is 11.5 Å². The third-order valence-corrected chi connectivity index (χ3v) is 4.83. The first-order valence-corrected chi connectivity index (χ1v) is 11.0. The van der Waals surface area contributed by atoms with Crippen LogP contribution in [-0.2, 0) is 17.6 Å². The highest BCUT2D eigenvalue weighted by molar-refractivity contribution is 5.84. The topological polar surface area (TPSA) is 47.6 Å². The molecular formula is C25H35NO3. The summed E-state index contributed by atoms with van der Waals surface area (Å²) in [6, 6.07) is 14.2. The fraction of sp³-hybridized carbons (Fsp3) is 0.480. The van der Waals surface area contributed by atoms with Crippen LogP contribution in [0.15, 0.2) is 42.5 Å². The Kier molecular flexibility index (Phi) is 10.1. The molecule has 1 N–H and O–H groups in total. The number of carbonyl (C=O) groups excluding carboxylic acids is 1. The van der Waals surface area contributed by atoms with Crippen LogP contribution in [0.5, 0.6) is 11.5 Å². The molecule has 2 aromatic rings. The second-order valence-corrected chi connectivity index (χ2v) is 7.33. The summed E-state index contributed by atoms with van der Waals surface area (Å²) < 4.78 is 11.2. The molecule has 2 rings (SSSR count). The van der Waals surface area contributed by atoms with E-state index in [0.29, 0.717) is 6.61 Å². The molecule has 0 fully saturated rings. The summed E-state index contributed by atoms with van der Waals surface area (Å²) in [6.45, 7) is 6.56. The molecule has 0 spiro atoms. The van der Waals surface area contributed by atoms with Gasteiger partial charge in [-0.1, -0.05) is 51.7 Å². The van der Waals surface area contributed by atoms with Gasteiger partial charge in [-0.05, 0) is 74.1 Å². The van der Waals surface area contributed by atoms with Crippen LogP contribution in [0.25, 0.3) is 0 Å². The van der Waals surface area contributed by atoms with Gasteiger partial charge in [0.15, 0.2) is 0 Å². The monoisotopic (exact) mass is 397 g/mol. The van der Waals surface area contributed by atoms with E-state index in [9.17, 15) is 4.79 Å². The molecule has 0 radical (unpaired) electrons. The van der Waals surface area contributed by atoms with Crippen molar-refractivity contribution in [1.29, 1.82) is 0 Å². The van der Waals surface area contributed by atoms with E-state index in [-0.39, 0.29) is 0 Å². The van der Waals surface area contributed by atoms with Crippen molar-refractivity contribution in [2.75, 3.05) is 11.9 Å². The van der Waals surface area contributed by atoms with Gasteiger partial charge in [0.25, 0.3) is 0 Å². The van der Waals surface area contributed by atoms with Crippen LogP contribution in [0.1, 0.15) is 70.4 Å². The first-order valence-electron chi connectivity index (χ1n) is 11.0. The Morgan fingerprint density at radius 1 is 0.897 bits per heavy atom. The van der Waals surface area contributed by atoms with Gasteiger partial charge in [-0.3, -0.25) is 5.32 Å². The number of hydrogen-bond acceptors (Lipinski definition) is 3. The molecule has 0 saturated carbocycles. The van der Waals surface area contributed by atoms with Crippen LogP contribution in [0.4, 0.5) is 10.5 Å². The fourth-order valence-electron chi connectivity index (χ4n) is 3.27. The van der Waals surface area contributed by atoms with E-state index >= 15 is 0 Å². The lowest BCUT2D eigenvalue weighted by Crippen LogP contribution is -2.13. The van der Waals surface area contributed by atoms with Crippen molar-refractivity contribution in [3.63, 3.8) is 0 Å². The summed E-state index contributed by atoms with van der Waals surface area (Å²) >= 11 is 0. The molecule has 0 saturated heterocycles. The average molecular weight is 398 g/mol. The number of amides is 1. The van der Waals surface area contributed by atoms with E-state index in [1.165, 1.54) is 31.2 Å². The molecule has 158 valence electrons. The van der Waals surface area contributed by atoms with E-state index < -0.39 is 6.09 Å². The summed E-state index contributed by atoms with van der Waals surface area (Å²) in [5, 5.41) is 2.79. The molecule has 0 heterocycles. The highest BCUT2D eigenvalue weighted by atomic mass is 16.5. The van der Waals surface area contributed by atoms with E-state index in [4.69, 9.17) is 9.47 Å². The second-order valence-electron chi connectivity index (χ2n) is 7.33. The quantitative estimate of drug-likeness (QED) is 0.377. The Hall–Kier alpha value is -2.49. The predicted octanol–water partition coefficient (Wildman–Crippen LogP) is 7.51. The molecule has 2 aromatic carbocycles. The molecule has 29 heavy (non-hydrogen) atoms. The number of nitrogens with one attached hydrogen (secondary N) is 1. The highest BCUT2D eigenvalue weighted by Crippen LogP contribution is 2.30. The molecule has 0 bridgehead atoms. The summed E-state index contributed by atoms with van der Waals surface area (Å²) in [5.41, 5.74) is 3.14. The number of rotatable bonds is 12. The van der Waals surface area contributed by atoms with Crippen LogP contribution in [0.2, 0.25) is 0 Å².